The van der Waals surface area contributed by atoms with Crippen molar-refractivity contribution in [2.75, 3.05) is 0 Å². The summed E-state index contributed by atoms with van der Waals surface area (Å²) in [4.78, 5) is 29.2. The number of carbonyl (C=O) groups excluding carboxylic acids is 1. The second-order valence-corrected chi connectivity index (χ2v) is 8.29. The average Bonchev–Trinajstić information content (AvgIpc) is 2.95. The lowest BCUT2D eigenvalue weighted by Gasteiger charge is -2.19. The standard InChI is InChI=1S/C20H22N2O3S/c1-12-6-7-13(2)14(8-12)15-10-26-18-17(15)21-11-22(19(18)24)9-16(23)25-20(3,4)5/h6-8,10-11H,9H2,1-5H3. The molecule has 136 valence electrons. The number of thiophene rings is 1. The molecule has 0 bridgehead atoms. The Balaban J connectivity index is 2.01. The third-order valence-corrected chi connectivity index (χ3v) is 4.91. The summed E-state index contributed by atoms with van der Waals surface area (Å²) in [6.45, 7) is 9.33. The van der Waals surface area contributed by atoms with Gasteiger partial charge in [-0.25, -0.2) is 4.98 Å². The number of ether oxygens (including phenoxy) is 1. The molecule has 0 spiro atoms. The first-order valence-electron chi connectivity index (χ1n) is 8.42. The Morgan fingerprint density at radius 1 is 1.23 bits per heavy atom. The van der Waals surface area contributed by atoms with E-state index in [4.69, 9.17) is 4.74 Å². The molecule has 3 aromatic rings. The lowest BCUT2D eigenvalue weighted by Crippen LogP contribution is -2.30. The van der Waals surface area contributed by atoms with Gasteiger partial charge in [0.25, 0.3) is 5.56 Å². The number of carbonyl (C=O) groups is 1. The topological polar surface area (TPSA) is 61.2 Å². The molecule has 0 amide bonds. The van der Waals surface area contributed by atoms with Gasteiger partial charge in [0.1, 0.15) is 16.8 Å². The van der Waals surface area contributed by atoms with E-state index in [-0.39, 0.29) is 12.1 Å². The molecule has 2 heterocycles. The number of rotatable bonds is 3. The van der Waals surface area contributed by atoms with Gasteiger partial charge in [-0.2, -0.15) is 0 Å². The first-order valence-corrected chi connectivity index (χ1v) is 9.30. The number of aromatic nitrogens is 2. The minimum atomic E-state index is -0.586. The summed E-state index contributed by atoms with van der Waals surface area (Å²) in [5.74, 6) is -0.452. The van der Waals surface area contributed by atoms with Crippen LogP contribution in [0.3, 0.4) is 0 Å². The van der Waals surface area contributed by atoms with Crippen molar-refractivity contribution in [1.29, 1.82) is 0 Å². The van der Waals surface area contributed by atoms with E-state index >= 15 is 0 Å². The van der Waals surface area contributed by atoms with E-state index in [1.165, 1.54) is 22.2 Å². The van der Waals surface area contributed by atoms with Crippen molar-refractivity contribution in [3.05, 3.63) is 51.4 Å². The molecule has 0 aliphatic rings. The summed E-state index contributed by atoms with van der Waals surface area (Å²) in [5, 5.41) is 1.96. The number of hydrogen-bond donors (Lipinski definition) is 0. The van der Waals surface area contributed by atoms with Crippen LogP contribution >= 0.6 is 11.3 Å². The molecular formula is C20H22N2O3S. The Morgan fingerprint density at radius 2 is 1.96 bits per heavy atom. The van der Waals surface area contributed by atoms with Crippen LogP contribution in [-0.4, -0.2) is 21.1 Å². The van der Waals surface area contributed by atoms with E-state index in [9.17, 15) is 9.59 Å². The van der Waals surface area contributed by atoms with Crippen LogP contribution in [0.2, 0.25) is 0 Å². The predicted octanol–water partition coefficient (Wildman–Crippen LogP) is 4.08. The highest BCUT2D eigenvalue weighted by molar-refractivity contribution is 7.17. The van der Waals surface area contributed by atoms with Gasteiger partial charge in [0.05, 0.1) is 11.8 Å². The number of benzene rings is 1. The molecule has 3 rings (SSSR count). The summed E-state index contributed by atoms with van der Waals surface area (Å²) in [5.41, 5.74) is 4.19. The van der Waals surface area contributed by atoms with E-state index in [1.807, 2.05) is 19.2 Å². The number of aryl methyl sites for hydroxylation is 2. The Kier molecular flexibility index (Phi) is 4.71. The monoisotopic (exact) mass is 370 g/mol. The van der Waals surface area contributed by atoms with Crippen LogP contribution in [0.15, 0.2) is 34.7 Å². The van der Waals surface area contributed by atoms with Crippen molar-refractivity contribution in [1.82, 2.24) is 9.55 Å². The van der Waals surface area contributed by atoms with E-state index in [1.54, 1.807) is 20.8 Å². The Hall–Kier alpha value is -2.47. The second kappa shape index (κ2) is 6.68. The molecule has 0 atom stereocenters. The van der Waals surface area contributed by atoms with Gasteiger partial charge in [0.15, 0.2) is 0 Å². The van der Waals surface area contributed by atoms with Crippen molar-refractivity contribution >= 4 is 27.5 Å². The molecule has 2 aromatic heterocycles. The van der Waals surface area contributed by atoms with Crippen LogP contribution in [0.5, 0.6) is 0 Å². The lowest BCUT2D eigenvalue weighted by molar-refractivity contribution is -0.155. The van der Waals surface area contributed by atoms with Crippen molar-refractivity contribution < 1.29 is 9.53 Å². The van der Waals surface area contributed by atoms with E-state index in [0.717, 1.165) is 22.3 Å². The highest BCUT2D eigenvalue weighted by Gasteiger charge is 2.19. The van der Waals surface area contributed by atoms with Crippen LogP contribution in [0.4, 0.5) is 0 Å². The molecule has 0 aliphatic heterocycles. The largest absolute Gasteiger partial charge is 0.459 e. The van der Waals surface area contributed by atoms with E-state index in [2.05, 4.69) is 23.2 Å². The highest BCUT2D eigenvalue weighted by Crippen LogP contribution is 2.33. The van der Waals surface area contributed by atoms with Gasteiger partial charge in [-0.05, 0) is 45.7 Å². The third kappa shape index (κ3) is 3.70. The van der Waals surface area contributed by atoms with Crippen molar-refractivity contribution in [3.63, 3.8) is 0 Å². The summed E-state index contributed by atoms with van der Waals surface area (Å²) < 4.78 is 7.14. The smallest absolute Gasteiger partial charge is 0.326 e. The molecule has 0 saturated carbocycles. The molecule has 6 heteroatoms. The second-order valence-electron chi connectivity index (χ2n) is 7.41. The van der Waals surface area contributed by atoms with Crippen LogP contribution in [0.1, 0.15) is 31.9 Å². The SMILES string of the molecule is Cc1ccc(C)c(-c2csc3c(=O)n(CC(=O)OC(C)(C)C)cnc23)c1. The van der Waals surface area contributed by atoms with Gasteiger partial charge in [-0.15, -0.1) is 11.3 Å². The first kappa shape index (κ1) is 18.3. The predicted molar refractivity (Wildman–Crippen MR) is 105 cm³/mol. The van der Waals surface area contributed by atoms with Gasteiger partial charge in [0, 0.05) is 10.9 Å². The van der Waals surface area contributed by atoms with Crippen LogP contribution < -0.4 is 5.56 Å². The summed E-state index contributed by atoms with van der Waals surface area (Å²) >= 11 is 1.36. The molecule has 0 aliphatic carbocycles. The van der Waals surface area contributed by atoms with Crippen molar-refractivity contribution in [3.8, 4) is 11.1 Å². The summed E-state index contributed by atoms with van der Waals surface area (Å²) in [6, 6.07) is 6.23. The molecule has 5 nitrogen and oxygen atoms in total. The van der Waals surface area contributed by atoms with Gasteiger partial charge >= 0.3 is 5.97 Å². The molecule has 26 heavy (non-hydrogen) atoms. The fourth-order valence-electron chi connectivity index (χ4n) is 2.78. The molecule has 0 saturated heterocycles. The van der Waals surface area contributed by atoms with E-state index in [0.29, 0.717) is 10.2 Å². The first-order chi connectivity index (χ1) is 12.2. The molecule has 0 radical (unpaired) electrons. The molecule has 1 aromatic carbocycles. The Morgan fingerprint density at radius 3 is 2.65 bits per heavy atom. The van der Waals surface area contributed by atoms with Crippen LogP contribution in [0, 0.1) is 13.8 Å². The van der Waals surface area contributed by atoms with Crippen molar-refractivity contribution in [2.24, 2.45) is 0 Å². The maximum Gasteiger partial charge on any atom is 0.326 e. The zero-order valence-corrected chi connectivity index (χ0v) is 16.4. The zero-order valence-electron chi connectivity index (χ0n) is 15.6. The average molecular weight is 370 g/mol. The van der Waals surface area contributed by atoms with Gasteiger partial charge in [-0.1, -0.05) is 23.8 Å². The minimum Gasteiger partial charge on any atom is -0.459 e. The van der Waals surface area contributed by atoms with Gasteiger partial charge in [0.2, 0.25) is 0 Å². The minimum absolute atomic E-state index is 0.143. The quantitative estimate of drug-likeness (QED) is 0.652. The lowest BCUT2D eigenvalue weighted by atomic mass is 10.00. The van der Waals surface area contributed by atoms with Gasteiger partial charge < -0.3 is 4.74 Å². The normalized spacial score (nSPS) is 11.7. The maximum atomic E-state index is 12.8. The van der Waals surface area contributed by atoms with Crippen molar-refractivity contribution in [2.45, 2.75) is 46.8 Å². The van der Waals surface area contributed by atoms with Gasteiger partial charge in [-0.3, -0.25) is 14.2 Å². The molecule has 0 unspecified atom stereocenters. The summed E-state index contributed by atoms with van der Waals surface area (Å²) in [7, 11) is 0. The number of esters is 1. The number of nitrogens with zero attached hydrogens (tertiary/aromatic N) is 2. The van der Waals surface area contributed by atoms with Crippen LogP contribution in [0.25, 0.3) is 21.3 Å². The van der Waals surface area contributed by atoms with Crippen LogP contribution in [-0.2, 0) is 16.1 Å². The highest BCUT2D eigenvalue weighted by atomic mass is 32.1. The summed E-state index contributed by atoms with van der Waals surface area (Å²) in [6.07, 6.45) is 1.43. The Bertz CT molecular complexity index is 1040. The maximum absolute atomic E-state index is 12.8. The number of fused-ring (bicyclic) bond motifs is 1. The van der Waals surface area contributed by atoms with E-state index < -0.39 is 11.6 Å². The molecule has 0 N–H and O–H groups in total. The third-order valence-electron chi connectivity index (χ3n) is 3.95. The molecule has 0 fully saturated rings. The molecular weight excluding hydrogens is 348 g/mol. The Labute approximate surface area is 156 Å². The number of hydrogen-bond acceptors (Lipinski definition) is 5. The fraction of sp³-hybridized carbons (Fsp3) is 0.350. The fourth-order valence-corrected chi connectivity index (χ4v) is 3.75. The zero-order chi connectivity index (χ0) is 19.1.